The normalized spacial score (nSPS) is 16.5. The lowest BCUT2D eigenvalue weighted by atomic mass is 10.1. The third-order valence-electron chi connectivity index (χ3n) is 5.40. The summed E-state index contributed by atoms with van der Waals surface area (Å²) >= 11 is 1.44. The number of nitrogens with zero attached hydrogens (tertiary/aromatic N) is 4. The summed E-state index contributed by atoms with van der Waals surface area (Å²) < 4.78 is 9.72. The highest BCUT2D eigenvalue weighted by Crippen LogP contribution is 2.23. The van der Waals surface area contributed by atoms with Gasteiger partial charge in [-0.15, -0.1) is 0 Å². The molecule has 0 saturated carbocycles. The first kappa shape index (κ1) is 20.3. The molecule has 1 aliphatic rings. The Morgan fingerprint density at radius 2 is 1.87 bits per heavy atom. The van der Waals surface area contributed by atoms with Crippen LogP contribution in [0.1, 0.15) is 23.9 Å². The van der Waals surface area contributed by atoms with Crippen LogP contribution in [0.15, 0.2) is 54.6 Å². The molecule has 0 bridgehead atoms. The number of rotatable bonds is 6. The van der Waals surface area contributed by atoms with Crippen molar-refractivity contribution >= 4 is 22.6 Å². The Morgan fingerprint density at radius 3 is 2.57 bits per heavy atom. The van der Waals surface area contributed by atoms with Gasteiger partial charge in [-0.2, -0.15) is 4.37 Å². The van der Waals surface area contributed by atoms with E-state index in [1.54, 1.807) is 7.11 Å². The molecular weight excluding hydrogens is 396 g/mol. The maximum absolute atomic E-state index is 12.8. The van der Waals surface area contributed by atoms with Gasteiger partial charge in [0.2, 0.25) is 11.0 Å². The number of hydrogen-bond acceptors (Lipinski definition) is 6. The number of anilines is 1. The number of hydrogen-bond donors (Lipinski definition) is 0. The summed E-state index contributed by atoms with van der Waals surface area (Å²) in [5, 5.41) is 0.940. The van der Waals surface area contributed by atoms with Crippen LogP contribution in [0, 0.1) is 0 Å². The standard InChI is InChI=1S/C23H26N4O2S/c1-17-16-26(23-24-21(25-30-23)14-18-6-4-3-5-7-18)12-13-27(17)22(28)15-19-8-10-20(29-2)11-9-19/h3-11,17H,12-16H2,1-2H3. The molecule has 1 aliphatic heterocycles. The summed E-state index contributed by atoms with van der Waals surface area (Å²) in [5.41, 5.74) is 2.22. The van der Waals surface area contributed by atoms with Gasteiger partial charge in [0.1, 0.15) is 11.6 Å². The predicted octanol–water partition coefficient (Wildman–Crippen LogP) is 3.42. The van der Waals surface area contributed by atoms with Gasteiger partial charge in [0.15, 0.2) is 0 Å². The molecule has 30 heavy (non-hydrogen) atoms. The van der Waals surface area contributed by atoms with E-state index in [0.717, 1.165) is 41.8 Å². The number of methoxy groups -OCH3 is 1. The first-order valence-corrected chi connectivity index (χ1v) is 10.9. The van der Waals surface area contributed by atoms with Crippen molar-refractivity contribution in [3.63, 3.8) is 0 Å². The molecule has 6 nitrogen and oxygen atoms in total. The smallest absolute Gasteiger partial charge is 0.227 e. The molecule has 156 valence electrons. The molecule has 7 heteroatoms. The van der Waals surface area contributed by atoms with Crippen LogP contribution >= 0.6 is 11.5 Å². The van der Waals surface area contributed by atoms with Crippen molar-refractivity contribution in [2.45, 2.75) is 25.8 Å². The summed E-state index contributed by atoms with van der Waals surface area (Å²) in [4.78, 5) is 21.8. The van der Waals surface area contributed by atoms with Crippen LogP contribution in [0.3, 0.4) is 0 Å². The zero-order chi connectivity index (χ0) is 20.9. The molecular formula is C23H26N4O2S. The van der Waals surface area contributed by atoms with Gasteiger partial charge in [0, 0.05) is 43.6 Å². The van der Waals surface area contributed by atoms with Crippen molar-refractivity contribution in [1.29, 1.82) is 0 Å². The number of amides is 1. The lowest BCUT2D eigenvalue weighted by molar-refractivity contribution is -0.132. The van der Waals surface area contributed by atoms with E-state index in [2.05, 4.69) is 28.3 Å². The van der Waals surface area contributed by atoms with Crippen LogP contribution in [-0.2, 0) is 17.6 Å². The average molecular weight is 423 g/mol. The van der Waals surface area contributed by atoms with Crippen LogP contribution in [0.2, 0.25) is 0 Å². The first-order valence-electron chi connectivity index (χ1n) is 10.2. The van der Waals surface area contributed by atoms with E-state index in [4.69, 9.17) is 9.72 Å². The maximum atomic E-state index is 12.8. The summed E-state index contributed by atoms with van der Waals surface area (Å²) in [6.07, 6.45) is 1.15. The zero-order valence-corrected chi connectivity index (χ0v) is 18.1. The molecule has 2 heterocycles. The third-order valence-corrected chi connectivity index (χ3v) is 6.21. The Labute approximate surface area is 181 Å². The summed E-state index contributed by atoms with van der Waals surface area (Å²) in [7, 11) is 1.64. The maximum Gasteiger partial charge on any atom is 0.227 e. The van der Waals surface area contributed by atoms with Crippen LogP contribution in [0.5, 0.6) is 5.75 Å². The first-order chi connectivity index (χ1) is 14.6. The summed E-state index contributed by atoms with van der Waals surface area (Å²) in [5.74, 6) is 1.82. The topological polar surface area (TPSA) is 58.6 Å². The number of carbonyl (C=O) groups excluding carboxylic acids is 1. The van der Waals surface area contributed by atoms with E-state index >= 15 is 0 Å². The monoisotopic (exact) mass is 422 g/mol. The number of piperazine rings is 1. The fraction of sp³-hybridized carbons (Fsp3) is 0.348. The lowest BCUT2D eigenvalue weighted by Crippen LogP contribution is -2.54. The minimum absolute atomic E-state index is 0.131. The summed E-state index contributed by atoms with van der Waals surface area (Å²) in [6.45, 7) is 4.35. The fourth-order valence-electron chi connectivity index (χ4n) is 3.74. The van der Waals surface area contributed by atoms with Gasteiger partial charge in [-0.3, -0.25) is 4.79 Å². The molecule has 0 aliphatic carbocycles. The molecule has 3 aromatic rings. The number of ether oxygens (including phenoxy) is 1. The quantitative estimate of drug-likeness (QED) is 0.609. The van der Waals surface area contributed by atoms with E-state index in [1.807, 2.05) is 47.4 Å². The van der Waals surface area contributed by atoms with Gasteiger partial charge < -0.3 is 14.5 Å². The SMILES string of the molecule is COc1ccc(CC(=O)N2CCN(c3nc(Cc4ccccc4)ns3)CC2C)cc1. The third kappa shape index (κ3) is 4.79. The molecule has 2 aromatic carbocycles. The second-order valence-corrected chi connectivity index (χ2v) is 8.29. The Bertz CT molecular complexity index is 974. The highest BCUT2D eigenvalue weighted by Gasteiger charge is 2.29. The molecule has 4 rings (SSSR count). The van der Waals surface area contributed by atoms with Gasteiger partial charge in [-0.25, -0.2) is 4.98 Å². The zero-order valence-electron chi connectivity index (χ0n) is 17.3. The van der Waals surface area contributed by atoms with Gasteiger partial charge in [-0.1, -0.05) is 42.5 Å². The van der Waals surface area contributed by atoms with Crippen LogP contribution < -0.4 is 9.64 Å². The largest absolute Gasteiger partial charge is 0.497 e. The Hall–Kier alpha value is -2.93. The van der Waals surface area contributed by atoms with Gasteiger partial charge >= 0.3 is 0 Å². The molecule has 0 radical (unpaired) electrons. The molecule has 1 saturated heterocycles. The average Bonchev–Trinajstić information content (AvgIpc) is 3.23. The fourth-order valence-corrected chi connectivity index (χ4v) is 4.46. The minimum atomic E-state index is 0.131. The minimum Gasteiger partial charge on any atom is -0.497 e. The van der Waals surface area contributed by atoms with Gasteiger partial charge in [0.25, 0.3) is 0 Å². The Kier molecular flexibility index (Phi) is 6.28. The van der Waals surface area contributed by atoms with Gasteiger partial charge in [0.05, 0.1) is 13.5 Å². The van der Waals surface area contributed by atoms with E-state index in [0.29, 0.717) is 13.0 Å². The van der Waals surface area contributed by atoms with Crippen molar-refractivity contribution < 1.29 is 9.53 Å². The van der Waals surface area contributed by atoms with Crippen molar-refractivity contribution in [1.82, 2.24) is 14.3 Å². The Morgan fingerprint density at radius 1 is 1.10 bits per heavy atom. The van der Waals surface area contributed by atoms with Crippen LogP contribution in [-0.4, -0.2) is 53.0 Å². The van der Waals surface area contributed by atoms with Crippen molar-refractivity contribution in [2.75, 3.05) is 31.6 Å². The summed E-state index contributed by atoms with van der Waals surface area (Å²) in [6, 6.07) is 18.1. The Balaban J connectivity index is 1.34. The van der Waals surface area contributed by atoms with Crippen LogP contribution in [0.4, 0.5) is 5.13 Å². The van der Waals surface area contributed by atoms with E-state index in [-0.39, 0.29) is 11.9 Å². The number of aromatic nitrogens is 2. The lowest BCUT2D eigenvalue weighted by Gasteiger charge is -2.39. The molecule has 0 spiro atoms. The molecule has 1 fully saturated rings. The highest BCUT2D eigenvalue weighted by molar-refractivity contribution is 7.09. The molecule has 1 unspecified atom stereocenters. The number of carbonyl (C=O) groups is 1. The van der Waals surface area contributed by atoms with Gasteiger partial charge in [-0.05, 0) is 30.2 Å². The van der Waals surface area contributed by atoms with Crippen molar-refractivity contribution in [3.05, 3.63) is 71.5 Å². The van der Waals surface area contributed by atoms with E-state index in [9.17, 15) is 4.79 Å². The second kappa shape index (κ2) is 9.26. The predicted molar refractivity (Wildman–Crippen MR) is 119 cm³/mol. The van der Waals surface area contributed by atoms with Crippen molar-refractivity contribution in [2.24, 2.45) is 0 Å². The molecule has 1 atom stereocenters. The molecule has 1 amide bonds. The van der Waals surface area contributed by atoms with Crippen molar-refractivity contribution in [3.8, 4) is 5.75 Å². The van der Waals surface area contributed by atoms with Crippen LogP contribution in [0.25, 0.3) is 0 Å². The van der Waals surface area contributed by atoms with E-state index < -0.39 is 0 Å². The molecule has 1 aromatic heterocycles. The second-order valence-electron chi connectivity index (χ2n) is 7.56. The highest BCUT2D eigenvalue weighted by atomic mass is 32.1. The number of benzene rings is 2. The van der Waals surface area contributed by atoms with E-state index in [1.165, 1.54) is 17.1 Å². The molecule has 0 N–H and O–H groups in total.